The first kappa shape index (κ1) is 30.5. The van der Waals surface area contributed by atoms with E-state index < -0.39 is 73.1 Å². The van der Waals surface area contributed by atoms with Gasteiger partial charge in [0.05, 0.1) is 6.20 Å². The van der Waals surface area contributed by atoms with E-state index in [0.717, 1.165) is 23.7 Å². The van der Waals surface area contributed by atoms with Crippen LogP contribution >= 0.6 is 0 Å². The third-order valence-corrected chi connectivity index (χ3v) is 7.85. The second-order valence-corrected chi connectivity index (χ2v) is 11.5. The lowest BCUT2D eigenvalue weighted by atomic mass is 9.81. The molecule has 2 atom stereocenters. The lowest BCUT2D eigenvalue weighted by Crippen LogP contribution is -2.50. The number of rotatable bonds is 12. The third-order valence-electron chi connectivity index (χ3n) is 7.85. The van der Waals surface area contributed by atoms with Crippen molar-refractivity contribution < 1.29 is 31.5 Å². The third kappa shape index (κ3) is 7.18. The number of nitrogens with one attached hydrogen (secondary N) is 2. The van der Waals surface area contributed by atoms with Gasteiger partial charge in [-0.3, -0.25) is 19.0 Å². The molecule has 3 aromatic rings. The fraction of sp³-hybridized carbons (Fsp3) is 0.654. The highest BCUT2D eigenvalue weighted by atomic mass is 19.3. The molecular formula is C26H33F5N10O2. The van der Waals surface area contributed by atoms with E-state index in [0.29, 0.717) is 12.5 Å². The maximum Gasteiger partial charge on any atom is 0.270 e. The second kappa shape index (κ2) is 12.4. The fourth-order valence-corrected chi connectivity index (χ4v) is 5.36. The van der Waals surface area contributed by atoms with E-state index in [4.69, 9.17) is 0 Å². The highest BCUT2D eigenvalue weighted by Crippen LogP contribution is 2.38. The number of nitrogens with zero attached hydrogens (tertiary/aromatic N) is 8. The fourth-order valence-electron chi connectivity index (χ4n) is 5.36. The van der Waals surface area contributed by atoms with Gasteiger partial charge in [0.1, 0.15) is 23.5 Å². The van der Waals surface area contributed by atoms with Crippen LogP contribution in [-0.4, -0.2) is 70.0 Å². The van der Waals surface area contributed by atoms with Gasteiger partial charge < -0.3 is 10.6 Å². The number of anilines is 1. The van der Waals surface area contributed by atoms with Gasteiger partial charge in [-0.15, -0.1) is 10.2 Å². The van der Waals surface area contributed by atoms with Crippen LogP contribution in [0.15, 0.2) is 18.5 Å². The quantitative estimate of drug-likeness (QED) is 0.295. The molecule has 0 aliphatic heterocycles. The average molecular weight is 613 g/mol. The summed E-state index contributed by atoms with van der Waals surface area (Å²) >= 11 is 0. The standard InChI is InChI=1S/C26H33F5N10O2/c1-14(2)41-18(7-10-32-41)24(42)34-21(16-5-8-26(30,31)9-6-16)25(43)33-17-13-39(36-22(17)29)19(11-20(27)28)23-35-37-38-40(23)12-15-3-4-15/h7,10,13-16,19-21H,3-6,8-9,11-12H2,1-2H3,(H,33,43)(H,34,42)/t19?,21-/m0/s1. The van der Waals surface area contributed by atoms with Crippen LogP contribution < -0.4 is 10.6 Å². The van der Waals surface area contributed by atoms with Crippen LogP contribution in [0.25, 0.3) is 0 Å². The van der Waals surface area contributed by atoms with Gasteiger partial charge in [0.25, 0.3) is 11.9 Å². The number of alkyl halides is 4. The monoisotopic (exact) mass is 612 g/mol. The molecule has 0 aromatic carbocycles. The van der Waals surface area contributed by atoms with Crippen molar-refractivity contribution in [3.05, 3.63) is 35.9 Å². The Labute approximate surface area is 243 Å². The van der Waals surface area contributed by atoms with E-state index >= 15 is 4.39 Å². The van der Waals surface area contributed by atoms with Crippen molar-refractivity contribution in [2.24, 2.45) is 11.8 Å². The predicted octanol–water partition coefficient (Wildman–Crippen LogP) is 4.00. The minimum atomic E-state index is -2.89. The number of carbonyl (C=O) groups excluding carboxylic acids is 2. The first-order chi connectivity index (χ1) is 20.4. The molecule has 0 bridgehead atoms. The molecule has 3 heterocycles. The normalized spacial score (nSPS) is 18.6. The van der Waals surface area contributed by atoms with Crippen molar-refractivity contribution in [1.29, 1.82) is 0 Å². The minimum absolute atomic E-state index is 0.0589. The van der Waals surface area contributed by atoms with Crippen LogP contribution in [0.5, 0.6) is 0 Å². The van der Waals surface area contributed by atoms with Crippen LogP contribution in [0.2, 0.25) is 0 Å². The molecule has 2 aliphatic carbocycles. The van der Waals surface area contributed by atoms with Gasteiger partial charge >= 0.3 is 0 Å². The van der Waals surface area contributed by atoms with Crippen molar-refractivity contribution in [3.8, 4) is 0 Å². The summed E-state index contributed by atoms with van der Waals surface area (Å²) in [5, 5.41) is 24.2. The van der Waals surface area contributed by atoms with Crippen molar-refractivity contribution >= 4 is 17.5 Å². The van der Waals surface area contributed by atoms with Gasteiger partial charge in [0.15, 0.2) is 5.82 Å². The molecule has 2 fully saturated rings. The lowest BCUT2D eigenvalue weighted by molar-refractivity contribution is -0.121. The summed E-state index contributed by atoms with van der Waals surface area (Å²) in [5.41, 5.74) is -0.273. The first-order valence-corrected chi connectivity index (χ1v) is 14.2. The molecule has 1 unspecified atom stereocenters. The number of hydrogen-bond donors (Lipinski definition) is 2. The van der Waals surface area contributed by atoms with Crippen LogP contribution in [0, 0.1) is 17.8 Å². The maximum atomic E-state index is 15.1. The molecule has 2 amide bonds. The Kier molecular flexibility index (Phi) is 8.78. The molecule has 3 aromatic heterocycles. The molecule has 0 spiro atoms. The zero-order valence-electron chi connectivity index (χ0n) is 23.6. The van der Waals surface area contributed by atoms with E-state index in [1.165, 1.54) is 21.6 Å². The number of amides is 2. The van der Waals surface area contributed by atoms with Crippen LogP contribution in [-0.2, 0) is 11.3 Å². The summed E-state index contributed by atoms with van der Waals surface area (Å²) in [7, 11) is 0. The van der Waals surface area contributed by atoms with Gasteiger partial charge in [-0.1, -0.05) is 0 Å². The highest BCUT2D eigenvalue weighted by molar-refractivity contribution is 6.00. The molecule has 43 heavy (non-hydrogen) atoms. The van der Waals surface area contributed by atoms with E-state index in [1.54, 1.807) is 0 Å². The van der Waals surface area contributed by atoms with Crippen LogP contribution in [0.1, 0.15) is 87.2 Å². The van der Waals surface area contributed by atoms with Gasteiger partial charge in [0.2, 0.25) is 18.3 Å². The molecule has 17 heteroatoms. The Morgan fingerprint density at radius 2 is 1.86 bits per heavy atom. The van der Waals surface area contributed by atoms with Crippen molar-refractivity contribution in [1.82, 2.24) is 45.1 Å². The molecule has 5 rings (SSSR count). The number of tetrazole rings is 1. The summed E-state index contributed by atoms with van der Waals surface area (Å²) in [5.74, 6) is -5.84. The Morgan fingerprint density at radius 3 is 2.51 bits per heavy atom. The number of carbonyl (C=O) groups is 2. The number of hydrogen-bond acceptors (Lipinski definition) is 7. The Bertz CT molecular complexity index is 1420. The summed E-state index contributed by atoms with van der Waals surface area (Å²) < 4.78 is 73.9. The molecular weight excluding hydrogens is 579 g/mol. The van der Waals surface area contributed by atoms with E-state index in [-0.39, 0.29) is 30.4 Å². The Morgan fingerprint density at radius 1 is 1.14 bits per heavy atom. The SMILES string of the molecule is CC(C)n1nccc1C(=O)N[C@H](C(=O)Nc1cn(C(CC(F)F)c2nnnn2CC2CC2)nc1F)C1CCC(F)(F)CC1. The summed E-state index contributed by atoms with van der Waals surface area (Å²) in [6.45, 7) is 4.04. The number of halogens is 5. The van der Waals surface area contributed by atoms with E-state index in [1.807, 2.05) is 13.8 Å². The van der Waals surface area contributed by atoms with Gasteiger partial charge in [-0.05, 0) is 67.9 Å². The molecule has 2 N–H and O–H groups in total. The summed E-state index contributed by atoms with van der Waals surface area (Å²) in [4.78, 5) is 26.7. The summed E-state index contributed by atoms with van der Waals surface area (Å²) in [6.07, 6.45) is -0.237. The molecule has 0 saturated heterocycles. The molecule has 0 radical (unpaired) electrons. The topological polar surface area (TPSA) is 137 Å². The zero-order chi connectivity index (χ0) is 30.9. The van der Waals surface area contributed by atoms with Gasteiger partial charge in [-0.2, -0.15) is 9.49 Å². The Balaban J connectivity index is 1.38. The first-order valence-electron chi connectivity index (χ1n) is 14.2. The minimum Gasteiger partial charge on any atom is -0.339 e. The summed E-state index contributed by atoms with van der Waals surface area (Å²) in [6, 6.07) is -1.25. The maximum absolute atomic E-state index is 15.1. The highest BCUT2D eigenvalue weighted by Gasteiger charge is 2.41. The largest absolute Gasteiger partial charge is 0.339 e. The zero-order valence-corrected chi connectivity index (χ0v) is 23.6. The molecule has 234 valence electrons. The van der Waals surface area contributed by atoms with Crippen LogP contribution in [0.3, 0.4) is 0 Å². The smallest absolute Gasteiger partial charge is 0.270 e. The van der Waals surface area contributed by atoms with Gasteiger partial charge in [0, 0.05) is 38.0 Å². The Hall–Kier alpha value is -3.92. The number of aromatic nitrogens is 8. The van der Waals surface area contributed by atoms with Crippen molar-refractivity contribution in [2.75, 3.05) is 5.32 Å². The van der Waals surface area contributed by atoms with Crippen molar-refractivity contribution in [3.63, 3.8) is 0 Å². The van der Waals surface area contributed by atoms with E-state index in [9.17, 15) is 27.2 Å². The van der Waals surface area contributed by atoms with Gasteiger partial charge in [-0.25, -0.2) is 22.2 Å². The van der Waals surface area contributed by atoms with E-state index in [2.05, 4.69) is 36.4 Å². The second-order valence-electron chi connectivity index (χ2n) is 11.5. The van der Waals surface area contributed by atoms with Crippen LogP contribution in [0.4, 0.5) is 27.6 Å². The predicted molar refractivity (Wildman–Crippen MR) is 141 cm³/mol. The average Bonchev–Trinajstić information content (AvgIpc) is 3.29. The molecule has 2 saturated carbocycles. The lowest BCUT2D eigenvalue weighted by Gasteiger charge is -2.33. The molecule has 12 nitrogen and oxygen atoms in total. The molecule has 2 aliphatic rings. The van der Waals surface area contributed by atoms with Crippen molar-refractivity contribution in [2.45, 2.75) is 95.8 Å².